The van der Waals surface area contributed by atoms with Gasteiger partial charge in [-0.25, -0.2) is 0 Å². The van der Waals surface area contributed by atoms with Crippen LogP contribution in [0, 0.1) is 0 Å². The molecule has 0 saturated carbocycles. The Morgan fingerprint density at radius 1 is 1.35 bits per heavy atom. The molecule has 0 amide bonds. The minimum atomic E-state index is 0.506. The summed E-state index contributed by atoms with van der Waals surface area (Å²) in [6.07, 6.45) is 1.99. The number of hydrogen-bond acceptors (Lipinski definition) is 2. The average Bonchev–Trinajstić information content (AvgIpc) is 2.92. The lowest BCUT2D eigenvalue weighted by Gasteiger charge is -1.94. The Morgan fingerprint density at radius 3 is 2.94 bits per heavy atom. The summed E-state index contributed by atoms with van der Waals surface area (Å²) in [4.78, 5) is 3.25. The van der Waals surface area contributed by atoms with E-state index in [1.54, 1.807) is 0 Å². The van der Waals surface area contributed by atoms with E-state index in [9.17, 15) is 0 Å². The fourth-order valence-electron chi connectivity index (χ4n) is 2.11. The van der Waals surface area contributed by atoms with Gasteiger partial charge in [-0.15, -0.1) is 0 Å². The number of nitrogens with two attached hydrogens (primary N) is 1. The van der Waals surface area contributed by atoms with Gasteiger partial charge in [-0.2, -0.15) is 5.10 Å². The molecule has 0 aliphatic heterocycles. The van der Waals surface area contributed by atoms with Gasteiger partial charge in [0.15, 0.2) is 0 Å². The summed E-state index contributed by atoms with van der Waals surface area (Å²) in [5.41, 5.74) is 9.91. The molecule has 0 aliphatic rings. The highest BCUT2D eigenvalue weighted by atomic mass is 15.3. The predicted molar refractivity (Wildman–Crippen MR) is 68.4 cm³/mol. The van der Waals surface area contributed by atoms with Crippen LogP contribution in [0.4, 0.5) is 0 Å². The number of hydrogen-bond donors (Lipinski definition) is 2. The van der Waals surface area contributed by atoms with Gasteiger partial charge < -0.3 is 10.7 Å². The first-order valence-corrected chi connectivity index (χ1v) is 5.59. The lowest BCUT2D eigenvalue weighted by molar-refractivity contribution is 0.714. The van der Waals surface area contributed by atoms with E-state index in [1.807, 2.05) is 36.1 Å². The second-order valence-electron chi connectivity index (χ2n) is 4.10. The third kappa shape index (κ3) is 1.54. The topological polar surface area (TPSA) is 59.6 Å². The van der Waals surface area contributed by atoms with Crippen molar-refractivity contribution in [2.45, 2.75) is 6.54 Å². The first kappa shape index (κ1) is 10.1. The zero-order valence-electron chi connectivity index (χ0n) is 9.64. The van der Waals surface area contributed by atoms with Gasteiger partial charge >= 0.3 is 0 Å². The zero-order chi connectivity index (χ0) is 11.8. The van der Waals surface area contributed by atoms with Crippen molar-refractivity contribution in [1.82, 2.24) is 14.8 Å². The second kappa shape index (κ2) is 3.75. The molecule has 0 spiro atoms. The van der Waals surface area contributed by atoms with Gasteiger partial charge in [0.25, 0.3) is 0 Å². The van der Waals surface area contributed by atoms with Crippen LogP contribution in [0.15, 0.2) is 36.5 Å². The molecule has 1 aromatic carbocycles. The van der Waals surface area contributed by atoms with E-state index in [-0.39, 0.29) is 0 Å². The molecule has 0 atom stereocenters. The Hall–Kier alpha value is -2.07. The van der Waals surface area contributed by atoms with Gasteiger partial charge in [-0.3, -0.25) is 4.68 Å². The van der Waals surface area contributed by atoms with Crippen molar-refractivity contribution in [2.75, 3.05) is 0 Å². The Labute approximate surface area is 99.1 Å². The Bertz CT molecular complexity index is 663. The SMILES string of the molecule is Cn1nc(-c2c[nH]c3ccccc23)cc1CN. The Kier molecular flexibility index (Phi) is 2.23. The number of aryl methyl sites for hydroxylation is 1. The van der Waals surface area contributed by atoms with Crippen LogP contribution < -0.4 is 5.73 Å². The van der Waals surface area contributed by atoms with Gasteiger partial charge in [0.05, 0.1) is 11.4 Å². The molecule has 0 saturated heterocycles. The van der Waals surface area contributed by atoms with Crippen LogP contribution in [0.1, 0.15) is 5.69 Å². The van der Waals surface area contributed by atoms with Gasteiger partial charge in [0, 0.05) is 36.3 Å². The van der Waals surface area contributed by atoms with Crippen molar-refractivity contribution < 1.29 is 0 Å². The highest BCUT2D eigenvalue weighted by Crippen LogP contribution is 2.27. The molecule has 86 valence electrons. The maximum Gasteiger partial charge on any atom is 0.0947 e. The quantitative estimate of drug-likeness (QED) is 0.702. The van der Waals surface area contributed by atoms with E-state index >= 15 is 0 Å². The third-order valence-corrected chi connectivity index (χ3v) is 3.05. The molecule has 0 aliphatic carbocycles. The normalized spacial score (nSPS) is 11.2. The molecule has 4 nitrogen and oxygen atoms in total. The highest BCUT2D eigenvalue weighted by molar-refractivity contribution is 5.94. The number of aromatic nitrogens is 3. The van der Waals surface area contributed by atoms with E-state index in [1.165, 1.54) is 5.39 Å². The van der Waals surface area contributed by atoms with E-state index in [0.29, 0.717) is 6.54 Å². The first-order valence-electron chi connectivity index (χ1n) is 5.59. The summed E-state index contributed by atoms with van der Waals surface area (Å²) in [7, 11) is 1.92. The van der Waals surface area contributed by atoms with Gasteiger partial charge in [-0.05, 0) is 12.1 Å². The number of benzene rings is 1. The van der Waals surface area contributed by atoms with E-state index in [0.717, 1.165) is 22.5 Å². The molecule has 0 bridgehead atoms. The zero-order valence-corrected chi connectivity index (χ0v) is 9.64. The molecular formula is C13H14N4. The van der Waals surface area contributed by atoms with Crippen molar-refractivity contribution >= 4 is 10.9 Å². The standard InChI is InChI=1S/C13H14N4/c1-17-9(7-14)6-13(16-17)11-8-15-12-5-3-2-4-10(11)12/h2-6,8,15H,7,14H2,1H3. The molecule has 3 aromatic rings. The molecular weight excluding hydrogens is 212 g/mol. The van der Waals surface area contributed by atoms with E-state index in [4.69, 9.17) is 5.73 Å². The summed E-state index contributed by atoms with van der Waals surface area (Å²) in [5, 5.41) is 5.68. The molecule has 0 fully saturated rings. The first-order chi connectivity index (χ1) is 8.29. The number of nitrogens with zero attached hydrogens (tertiary/aromatic N) is 2. The van der Waals surface area contributed by atoms with Crippen molar-refractivity contribution in [2.24, 2.45) is 12.8 Å². The maximum absolute atomic E-state index is 5.66. The van der Waals surface area contributed by atoms with Crippen LogP contribution in [-0.4, -0.2) is 14.8 Å². The number of para-hydroxylation sites is 1. The summed E-state index contributed by atoms with van der Waals surface area (Å²) >= 11 is 0. The fraction of sp³-hybridized carbons (Fsp3) is 0.154. The largest absolute Gasteiger partial charge is 0.360 e. The highest BCUT2D eigenvalue weighted by Gasteiger charge is 2.10. The fourth-order valence-corrected chi connectivity index (χ4v) is 2.11. The molecule has 0 radical (unpaired) electrons. The Morgan fingerprint density at radius 2 is 2.18 bits per heavy atom. The molecule has 2 aromatic heterocycles. The van der Waals surface area contributed by atoms with Crippen LogP contribution in [0.2, 0.25) is 0 Å². The van der Waals surface area contributed by atoms with Crippen LogP contribution in [0.25, 0.3) is 22.2 Å². The number of H-pyrrole nitrogens is 1. The maximum atomic E-state index is 5.66. The van der Waals surface area contributed by atoms with Crippen LogP contribution >= 0.6 is 0 Å². The monoisotopic (exact) mass is 226 g/mol. The van der Waals surface area contributed by atoms with Crippen molar-refractivity contribution in [3.05, 3.63) is 42.2 Å². The summed E-state index contributed by atoms with van der Waals surface area (Å²) < 4.78 is 1.83. The molecule has 17 heavy (non-hydrogen) atoms. The van der Waals surface area contributed by atoms with Crippen molar-refractivity contribution in [3.63, 3.8) is 0 Å². The minimum absolute atomic E-state index is 0.506. The minimum Gasteiger partial charge on any atom is -0.360 e. The lowest BCUT2D eigenvalue weighted by atomic mass is 10.1. The second-order valence-corrected chi connectivity index (χ2v) is 4.10. The van der Waals surface area contributed by atoms with E-state index < -0.39 is 0 Å². The molecule has 3 N–H and O–H groups in total. The van der Waals surface area contributed by atoms with Crippen LogP contribution in [0.5, 0.6) is 0 Å². The number of fused-ring (bicyclic) bond motifs is 1. The molecule has 2 heterocycles. The summed E-state index contributed by atoms with van der Waals surface area (Å²) in [5.74, 6) is 0. The van der Waals surface area contributed by atoms with Crippen molar-refractivity contribution in [1.29, 1.82) is 0 Å². The summed E-state index contributed by atoms with van der Waals surface area (Å²) in [6, 6.07) is 10.2. The average molecular weight is 226 g/mol. The molecule has 3 rings (SSSR count). The third-order valence-electron chi connectivity index (χ3n) is 3.05. The number of nitrogens with one attached hydrogen (secondary N) is 1. The van der Waals surface area contributed by atoms with E-state index in [2.05, 4.69) is 22.2 Å². The van der Waals surface area contributed by atoms with Crippen LogP contribution in [-0.2, 0) is 13.6 Å². The van der Waals surface area contributed by atoms with Gasteiger partial charge in [0.2, 0.25) is 0 Å². The summed E-state index contributed by atoms with van der Waals surface area (Å²) in [6.45, 7) is 0.506. The van der Waals surface area contributed by atoms with Crippen LogP contribution in [0.3, 0.4) is 0 Å². The van der Waals surface area contributed by atoms with Crippen molar-refractivity contribution in [3.8, 4) is 11.3 Å². The predicted octanol–water partition coefficient (Wildman–Crippen LogP) is 2.03. The van der Waals surface area contributed by atoms with Gasteiger partial charge in [-0.1, -0.05) is 18.2 Å². The number of aromatic amines is 1. The lowest BCUT2D eigenvalue weighted by Crippen LogP contribution is -2.03. The Balaban J connectivity index is 2.20. The smallest absolute Gasteiger partial charge is 0.0947 e. The molecule has 0 unspecified atom stereocenters. The van der Waals surface area contributed by atoms with Gasteiger partial charge in [0.1, 0.15) is 0 Å². The molecule has 4 heteroatoms. The number of rotatable bonds is 2.